The lowest BCUT2D eigenvalue weighted by molar-refractivity contribution is 0.218. The topological polar surface area (TPSA) is 54.4 Å². The fraction of sp³-hybridized carbons (Fsp3) is 0.333. The van der Waals surface area contributed by atoms with E-state index in [4.69, 9.17) is 5.11 Å². The van der Waals surface area contributed by atoms with Gasteiger partial charge in [0, 0.05) is 4.47 Å². The molecule has 78 valence electrons. The van der Waals surface area contributed by atoms with Crippen LogP contribution in [0.3, 0.4) is 0 Å². The van der Waals surface area contributed by atoms with Gasteiger partial charge in [0.25, 0.3) is 0 Å². The molecule has 1 atom stereocenters. The summed E-state index contributed by atoms with van der Waals surface area (Å²) in [5.41, 5.74) is 0. The third kappa shape index (κ3) is 2.80. The van der Waals surface area contributed by atoms with Gasteiger partial charge in [0.15, 0.2) is 9.84 Å². The molecule has 1 aromatic carbocycles. The number of aliphatic hydroxyl groups excluding tert-OH is 1. The van der Waals surface area contributed by atoms with Gasteiger partial charge in [-0.3, -0.25) is 0 Å². The van der Waals surface area contributed by atoms with Gasteiger partial charge >= 0.3 is 0 Å². The lowest BCUT2D eigenvalue weighted by atomic mass is 10.4. The van der Waals surface area contributed by atoms with Crippen LogP contribution < -0.4 is 0 Å². The predicted molar refractivity (Wildman–Crippen MR) is 57.9 cm³/mol. The molecular weight excluding hydrogens is 268 g/mol. The van der Waals surface area contributed by atoms with E-state index in [-0.39, 0.29) is 10.6 Å². The van der Waals surface area contributed by atoms with Gasteiger partial charge in [-0.1, -0.05) is 12.1 Å². The van der Waals surface area contributed by atoms with Crippen LogP contribution in [-0.4, -0.2) is 25.4 Å². The Morgan fingerprint density at radius 2 is 2.00 bits per heavy atom. The second-order valence-corrected chi connectivity index (χ2v) is 5.92. The summed E-state index contributed by atoms with van der Waals surface area (Å²) in [6.45, 7) is 1.45. The van der Waals surface area contributed by atoms with Crippen molar-refractivity contribution < 1.29 is 13.5 Å². The Morgan fingerprint density at radius 1 is 1.43 bits per heavy atom. The molecule has 1 rings (SSSR count). The van der Waals surface area contributed by atoms with E-state index >= 15 is 0 Å². The minimum atomic E-state index is -3.39. The molecule has 3 nitrogen and oxygen atoms in total. The van der Waals surface area contributed by atoms with Crippen molar-refractivity contribution in [3.8, 4) is 0 Å². The van der Waals surface area contributed by atoms with Crippen molar-refractivity contribution in [3.63, 3.8) is 0 Å². The zero-order chi connectivity index (χ0) is 10.8. The van der Waals surface area contributed by atoms with Crippen molar-refractivity contribution in [2.75, 3.05) is 5.75 Å². The van der Waals surface area contributed by atoms with Gasteiger partial charge in [-0.2, -0.15) is 0 Å². The summed E-state index contributed by atoms with van der Waals surface area (Å²) in [6.07, 6.45) is -0.855. The fourth-order valence-corrected chi connectivity index (χ4v) is 3.59. The summed E-state index contributed by atoms with van der Waals surface area (Å²) in [5.74, 6) is -0.254. The van der Waals surface area contributed by atoms with E-state index in [2.05, 4.69) is 15.9 Å². The molecule has 0 spiro atoms. The molecule has 1 aromatic rings. The Morgan fingerprint density at radius 3 is 2.50 bits per heavy atom. The average Bonchev–Trinajstić information content (AvgIpc) is 2.02. The number of sulfone groups is 1. The molecule has 0 aliphatic carbocycles. The largest absolute Gasteiger partial charge is 0.392 e. The van der Waals surface area contributed by atoms with Gasteiger partial charge in [-0.05, 0) is 35.0 Å². The Balaban J connectivity index is 3.11. The Labute approximate surface area is 91.8 Å². The molecule has 0 radical (unpaired) electrons. The summed E-state index contributed by atoms with van der Waals surface area (Å²) < 4.78 is 23.9. The summed E-state index contributed by atoms with van der Waals surface area (Å²) >= 11 is 3.16. The third-order valence-corrected chi connectivity index (χ3v) is 4.53. The molecule has 0 aliphatic heterocycles. The van der Waals surface area contributed by atoms with Crippen molar-refractivity contribution in [1.29, 1.82) is 0 Å². The zero-order valence-electron chi connectivity index (χ0n) is 7.64. The van der Waals surface area contributed by atoms with Crippen molar-refractivity contribution in [3.05, 3.63) is 28.7 Å². The van der Waals surface area contributed by atoms with Crippen LogP contribution in [-0.2, 0) is 9.84 Å². The lowest BCUT2D eigenvalue weighted by Crippen LogP contribution is -2.18. The van der Waals surface area contributed by atoms with Crippen LogP contribution >= 0.6 is 15.9 Å². The monoisotopic (exact) mass is 278 g/mol. The first-order valence-electron chi connectivity index (χ1n) is 4.09. The third-order valence-electron chi connectivity index (χ3n) is 1.63. The van der Waals surface area contributed by atoms with E-state index < -0.39 is 15.9 Å². The van der Waals surface area contributed by atoms with Gasteiger partial charge in [0.2, 0.25) is 0 Å². The van der Waals surface area contributed by atoms with Crippen LogP contribution in [0.5, 0.6) is 0 Å². The first-order chi connectivity index (χ1) is 6.43. The minimum Gasteiger partial charge on any atom is -0.392 e. The van der Waals surface area contributed by atoms with Crippen molar-refractivity contribution in [2.45, 2.75) is 17.9 Å². The summed E-state index contributed by atoms with van der Waals surface area (Å²) in [4.78, 5) is 0.223. The Hall–Kier alpha value is -0.390. The second kappa shape index (κ2) is 4.42. The van der Waals surface area contributed by atoms with E-state index in [0.29, 0.717) is 4.47 Å². The van der Waals surface area contributed by atoms with Gasteiger partial charge in [-0.25, -0.2) is 8.42 Å². The van der Waals surface area contributed by atoms with Crippen LogP contribution in [0.1, 0.15) is 6.92 Å². The molecule has 1 N–H and O–H groups in total. The van der Waals surface area contributed by atoms with E-state index in [9.17, 15) is 8.42 Å². The van der Waals surface area contributed by atoms with Gasteiger partial charge in [-0.15, -0.1) is 0 Å². The SMILES string of the molecule is C[C@@H](O)CS(=O)(=O)c1ccccc1Br. The molecule has 0 bridgehead atoms. The molecule has 0 saturated carbocycles. The second-order valence-electron chi connectivity index (χ2n) is 3.06. The molecule has 14 heavy (non-hydrogen) atoms. The number of halogens is 1. The average molecular weight is 279 g/mol. The molecule has 0 amide bonds. The Kier molecular flexibility index (Phi) is 3.69. The summed E-state index contributed by atoms with van der Waals surface area (Å²) in [5, 5.41) is 9.05. The smallest absolute Gasteiger partial charge is 0.182 e. The minimum absolute atomic E-state index is 0.223. The van der Waals surface area contributed by atoms with Gasteiger partial charge in [0.1, 0.15) is 0 Å². The number of aliphatic hydroxyl groups is 1. The highest BCUT2D eigenvalue weighted by Gasteiger charge is 2.19. The van der Waals surface area contributed by atoms with E-state index in [1.54, 1.807) is 18.2 Å². The highest BCUT2D eigenvalue weighted by molar-refractivity contribution is 9.10. The van der Waals surface area contributed by atoms with Crippen LogP contribution in [0, 0.1) is 0 Å². The lowest BCUT2D eigenvalue weighted by Gasteiger charge is -2.07. The molecular formula is C9H11BrO3S. The molecule has 0 aliphatic rings. The predicted octanol–water partition coefficient (Wildman–Crippen LogP) is 1.60. The summed E-state index contributed by atoms with van der Waals surface area (Å²) in [6, 6.07) is 6.57. The molecule has 0 aromatic heterocycles. The quantitative estimate of drug-likeness (QED) is 0.914. The van der Waals surface area contributed by atoms with Crippen LogP contribution in [0.2, 0.25) is 0 Å². The molecule has 0 unspecified atom stereocenters. The zero-order valence-corrected chi connectivity index (χ0v) is 10.0. The van der Waals surface area contributed by atoms with E-state index in [1.165, 1.54) is 13.0 Å². The Bertz CT molecular complexity index is 412. The number of benzene rings is 1. The maximum atomic E-state index is 11.7. The van der Waals surface area contributed by atoms with Crippen LogP contribution in [0.15, 0.2) is 33.6 Å². The van der Waals surface area contributed by atoms with Crippen molar-refractivity contribution in [1.82, 2.24) is 0 Å². The van der Waals surface area contributed by atoms with Crippen molar-refractivity contribution in [2.24, 2.45) is 0 Å². The molecule has 0 heterocycles. The standard InChI is InChI=1S/C9H11BrO3S/c1-7(11)6-14(12,13)9-5-3-2-4-8(9)10/h2-5,7,11H,6H2,1H3/t7-/m1/s1. The number of rotatable bonds is 3. The number of hydrogen-bond acceptors (Lipinski definition) is 3. The van der Waals surface area contributed by atoms with Crippen molar-refractivity contribution >= 4 is 25.8 Å². The van der Waals surface area contributed by atoms with Crippen LogP contribution in [0.4, 0.5) is 0 Å². The molecule has 0 saturated heterocycles. The fourth-order valence-electron chi connectivity index (χ4n) is 1.10. The number of hydrogen-bond donors (Lipinski definition) is 1. The van der Waals surface area contributed by atoms with Gasteiger partial charge < -0.3 is 5.11 Å². The highest BCUT2D eigenvalue weighted by atomic mass is 79.9. The van der Waals surface area contributed by atoms with Crippen LogP contribution in [0.25, 0.3) is 0 Å². The van der Waals surface area contributed by atoms with E-state index in [0.717, 1.165) is 0 Å². The first kappa shape index (κ1) is 11.7. The summed E-state index contributed by atoms with van der Waals surface area (Å²) in [7, 11) is -3.39. The maximum absolute atomic E-state index is 11.7. The molecule has 5 heteroatoms. The molecule has 0 fully saturated rings. The maximum Gasteiger partial charge on any atom is 0.182 e. The normalized spacial score (nSPS) is 13.9. The highest BCUT2D eigenvalue weighted by Crippen LogP contribution is 2.22. The van der Waals surface area contributed by atoms with Gasteiger partial charge in [0.05, 0.1) is 16.8 Å². The first-order valence-corrected chi connectivity index (χ1v) is 6.53. The van der Waals surface area contributed by atoms with E-state index in [1.807, 2.05) is 0 Å².